The molecule has 4 nitrogen and oxygen atoms in total. The Morgan fingerprint density at radius 2 is 1.67 bits per heavy atom. The van der Waals surface area contributed by atoms with E-state index in [4.69, 9.17) is 0 Å². The van der Waals surface area contributed by atoms with Gasteiger partial charge < -0.3 is 9.80 Å². The van der Waals surface area contributed by atoms with Gasteiger partial charge in [0.05, 0.1) is 6.07 Å². The number of rotatable bonds is 3. The summed E-state index contributed by atoms with van der Waals surface area (Å²) in [7, 11) is 0. The van der Waals surface area contributed by atoms with E-state index < -0.39 is 5.41 Å². The lowest BCUT2D eigenvalue weighted by atomic mass is 9.85. The van der Waals surface area contributed by atoms with E-state index in [1.54, 1.807) is 0 Å². The first-order chi connectivity index (χ1) is 10.2. The SMILES string of the molecule is N#CC1(C(=O)N2CCC(CN3CCCC3)CC2)CCCC1. The molecule has 0 spiro atoms. The Balaban J connectivity index is 1.51. The van der Waals surface area contributed by atoms with Gasteiger partial charge in [-0.05, 0) is 57.5 Å². The fourth-order valence-corrected chi connectivity index (χ4v) is 4.30. The van der Waals surface area contributed by atoms with Gasteiger partial charge in [0.15, 0.2) is 0 Å². The predicted molar refractivity (Wildman–Crippen MR) is 81.5 cm³/mol. The number of piperidine rings is 1. The van der Waals surface area contributed by atoms with Crippen LogP contribution in [0.4, 0.5) is 0 Å². The number of carbonyl (C=O) groups excluding carboxylic acids is 1. The lowest BCUT2D eigenvalue weighted by molar-refractivity contribution is -0.140. The average molecular weight is 289 g/mol. The third-order valence-electron chi connectivity index (χ3n) is 5.70. The molecule has 1 saturated carbocycles. The Morgan fingerprint density at radius 3 is 2.24 bits per heavy atom. The van der Waals surface area contributed by atoms with E-state index in [2.05, 4.69) is 11.0 Å². The molecule has 2 saturated heterocycles. The Hall–Kier alpha value is -1.08. The van der Waals surface area contributed by atoms with Gasteiger partial charge in [-0.2, -0.15) is 5.26 Å². The van der Waals surface area contributed by atoms with Crippen LogP contribution in [0.15, 0.2) is 0 Å². The number of hydrogen-bond acceptors (Lipinski definition) is 3. The van der Waals surface area contributed by atoms with Crippen LogP contribution in [0.2, 0.25) is 0 Å². The Kier molecular flexibility index (Phi) is 4.49. The zero-order valence-electron chi connectivity index (χ0n) is 13.0. The second kappa shape index (κ2) is 6.36. The third-order valence-corrected chi connectivity index (χ3v) is 5.70. The normalized spacial score (nSPS) is 26.9. The minimum absolute atomic E-state index is 0.127. The summed E-state index contributed by atoms with van der Waals surface area (Å²) in [5.74, 6) is 0.871. The molecular weight excluding hydrogens is 262 g/mol. The van der Waals surface area contributed by atoms with Crippen LogP contribution in [0.25, 0.3) is 0 Å². The van der Waals surface area contributed by atoms with Crippen molar-refractivity contribution in [3.8, 4) is 6.07 Å². The standard InChI is InChI=1S/C17H27N3O/c18-14-17(7-1-2-8-17)16(21)20-11-5-15(6-12-20)13-19-9-3-4-10-19/h15H,1-13H2. The van der Waals surface area contributed by atoms with E-state index in [9.17, 15) is 10.1 Å². The lowest BCUT2D eigenvalue weighted by Gasteiger charge is -2.37. The summed E-state index contributed by atoms with van der Waals surface area (Å²) >= 11 is 0. The molecule has 3 aliphatic rings. The summed E-state index contributed by atoms with van der Waals surface area (Å²) in [6, 6.07) is 2.35. The Bertz CT molecular complexity index is 408. The van der Waals surface area contributed by atoms with Crippen molar-refractivity contribution >= 4 is 5.91 Å². The van der Waals surface area contributed by atoms with Gasteiger partial charge in [-0.15, -0.1) is 0 Å². The van der Waals surface area contributed by atoms with Crippen molar-refractivity contribution < 1.29 is 4.79 Å². The summed E-state index contributed by atoms with van der Waals surface area (Å²) in [4.78, 5) is 17.3. The molecule has 0 aromatic carbocycles. The second-order valence-electron chi connectivity index (χ2n) is 7.14. The highest BCUT2D eigenvalue weighted by Crippen LogP contribution is 2.39. The molecule has 116 valence electrons. The van der Waals surface area contributed by atoms with Crippen LogP contribution in [0, 0.1) is 22.7 Å². The summed E-state index contributed by atoms with van der Waals surface area (Å²) in [5, 5.41) is 9.46. The second-order valence-corrected chi connectivity index (χ2v) is 7.14. The van der Waals surface area contributed by atoms with Crippen LogP contribution in [0.3, 0.4) is 0 Å². The summed E-state index contributed by atoms with van der Waals surface area (Å²) in [6.07, 6.45) is 8.54. The number of carbonyl (C=O) groups is 1. The van der Waals surface area contributed by atoms with Crippen molar-refractivity contribution in [2.45, 2.75) is 51.4 Å². The molecule has 3 fully saturated rings. The first-order valence-corrected chi connectivity index (χ1v) is 8.66. The maximum atomic E-state index is 12.7. The van der Waals surface area contributed by atoms with E-state index in [1.807, 2.05) is 4.90 Å². The first kappa shape index (κ1) is 14.8. The van der Waals surface area contributed by atoms with Gasteiger partial charge in [0, 0.05) is 19.6 Å². The van der Waals surface area contributed by atoms with Crippen LogP contribution in [-0.2, 0) is 4.79 Å². The van der Waals surface area contributed by atoms with Gasteiger partial charge in [0.1, 0.15) is 5.41 Å². The summed E-state index contributed by atoms with van der Waals surface area (Å²) in [5.41, 5.74) is -0.679. The molecule has 0 N–H and O–H groups in total. The van der Waals surface area contributed by atoms with Crippen molar-refractivity contribution in [1.82, 2.24) is 9.80 Å². The topological polar surface area (TPSA) is 47.3 Å². The van der Waals surface area contributed by atoms with Crippen molar-refractivity contribution in [1.29, 1.82) is 5.26 Å². The van der Waals surface area contributed by atoms with Gasteiger partial charge in [0.25, 0.3) is 0 Å². The monoisotopic (exact) mass is 289 g/mol. The molecule has 1 amide bonds. The quantitative estimate of drug-likeness (QED) is 0.801. The van der Waals surface area contributed by atoms with Gasteiger partial charge in [0.2, 0.25) is 5.91 Å². The molecule has 3 rings (SSSR count). The fraction of sp³-hybridized carbons (Fsp3) is 0.882. The van der Waals surface area contributed by atoms with E-state index in [-0.39, 0.29) is 5.91 Å². The Morgan fingerprint density at radius 1 is 1.05 bits per heavy atom. The van der Waals surface area contributed by atoms with E-state index >= 15 is 0 Å². The van der Waals surface area contributed by atoms with Crippen LogP contribution in [0.5, 0.6) is 0 Å². The zero-order chi connectivity index (χ0) is 14.7. The molecule has 0 atom stereocenters. The van der Waals surface area contributed by atoms with Crippen molar-refractivity contribution in [3.63, 3.8) is 0 Å². The van der Waals surface area contributed by atoms with Crippen LogP contribution >= 0.6 is 0 Å². The largest absolute Gasteiger partial charge is 0.341 e. The summed E-state index contributed by atoms with van der Waals surface area (Å²) < 4.78 is 0. The number of amides is 1. The minimum atomic E-state index is -0.679. The van der Waals surface area contributed by atoms with E-state index in [0.717, 1.165) is 57.5 Å². The van der Waals surface area contributed by atoms with Crippen molar-refractivity contribution in [2.24, 2.45) is 11.3 Å². The van der Waals surface area contributed by atoms with Crippen molar-refractivity contribution in [3.05, 3.63) is 0 Å². The first-order valence-electron chi connectivity index (χ1n) is 8.66. The van der Waals surface area contributed by atoms with Crippen molar-refractivity contribution in [2.75, 3.05) is 32.7 Å². The van der Waals surface area contributed by atoms with Gasteiger partial charge >= 0.3 is 0 Å². The fourth-order valence-electron chi connectivity index (χ4n) is 4.30. The summed E-state index contributed by atoms with van der Waals surface area (Å²) in [6.45, 7) is 5.46. The third kappa shape index (κ3) is 3.08. The molecule has 0 aromatic rings. The van der Waals surface area contributed by atoms with E-state index in [0.29, 0.717) is 0 Å². The van der Waals surface area contributed by atoms with Gasteiger partial charge in [-0.3, -0.25) is 4.79 Å². The predicted octanol–water partition coefficient (Wildman–Crippen LogP) is 2.40. The molecular formula is C17H27N3O. The highest BCUT2D eigenvalue weighted by molar-refractivity contribution is 5.85. The Labute approximate surface area is 128 Å². The van der Waals surface area contributed by atoms with Gasteiger partial charge in [-0.1, -0.05) is 12.8 Å². The minimum Gasteiger partial charge on any atom is -0.341 e. The smallest absolute Gasteiger partial charge is 0.243 e. The van der Waals surface area contributed by atoms with Crippen LogP contribution in [0.1, 0.15) is 51.4 Å². The highest BCUT2D eigenvalue weighted by Gasteiger charge is 2.44. The molecule has 4 heteroatoms. The van der Waals surface area contributed by atoms with Crippen LogP contribution < -0.4 is 0 Å². The zero-order valence-corrected chi connectivity index (χ0v) is 13.0. The number of nitriles is 1. The van der Waals surface area contributed by atoms with Gasteiger partial charge in [-0.25, -0.2) is 0 Å². The average Bonchev–Trinajstić information content (AvgIpc) is 3.19. The maximum absolute atomic E-state index is 12.7. The number of likely N-dealkylation sites (tertiary alicyclic amines) is 2. The number of hydrogen-bond donors (Lipinski definition) is 0. The maximum Gasteiger partial charge on any atom is 0.243 e. The molecule has 21 heavy (non-hydrogen) atoms. The van der Waals surface area contributed by atoms with E-state index in [1.165, 1.54) is 32.5 Å². The lowest BCUT2D eigenvalue weighted by Crippen LogP contribution is -2.47. The molecule has 0 aromatic heterocycles. The molecule has 0 radical (unpaired) electrons. The van der Waals surface area contributed by atoms with Crippen LogP contribution in [-0.4, -0.2) is 48.4 Å². The molecule has 2 heterocycles. The number of nitrogens with zero attached hydrogens (tertiary/aromatic N) is 3. The molecule has 0 unspecified atom stereocenters. The highest BCUT2D eigenvalue weighted by atomic mass is 16.2. The molecule has 0 bridgehead atoms. The molecule has 1 aliphatic carbocycles. The molecule has 2 aliphatic heterocycles.